The van der Waals surface area contributed by atoms with Gasteiger partial charge in [0.1, 0.15) is 6.10 Å². The summed E-state index contributed by atoms with van der Waals surface area (Å²) in [5, 5.41) is 2.95. The van der Waals surface area contributed by atoms with Crippen LogP contribution in [0, 0.1) is 0 Å². The van der Waals surface area contributed by atoms with E-state index in [1.165, 1.54) is 11.3 Å². The van der Waals surface area contributed by atoms with Crippen molar-refractivity contribution in [3.05, 3.63) is 16.6 Å². The van der Waals surface area contributed by atoms with Crippen LogP contribution in [0.25, 0.3) is 0 Å². The number of aromatic nitrogens is 1. The van der Waals surface area contributed by atoms with E-state index in [0.717, 1.165) is 4.88 Å². The molecule has 1 aliphatic heterocycles. The molecule has 88 valence electrons. The molecule has 0 saturated carbocycles. The number of alkyl halides is 2. The van der Waals surface area contributed by atoms with Crippen LogP contribution in [0.1, 0.15) is 11.3 Å². The molecule has 1 aromatic heterocycles. The van der Waals surface area contributed by atoms with Gasteiger partial charge in [0.05, 0.1) is 11.9 Å². The van der Waals surface area contributed by atoms with Crippen molar-refractivity contribution >= 4 is 17.3 Å². The molecule has 0 aromatic carbocycles. The molecular formula is C9H10F2N2O2S. The fourth-order valence-corrected chi connectivity index (χ4v) is 2.01. The first-order valence-electron chi connectivity index (χ1n) is 4.75. The standard InChI is InChI=1S/C9H10F2N2O2S/c10-9(11)1-6(15-8(9)14)2-12-3-7-4-13-5-16-7/h4-6,12H,1-3H2. The van der Waals surface area contributed by atoms with Gasteiger partial charge >= 0.3 is 11.9 Å². The Morgan fingerprint density at radius 3 is 3.06 bits per heavy atom. The third-order valence-corrected chi connectivity index (χ3v) is 2.99. The van der Waals surface area contributed by atoms with Gasteiger partial charge in [-0.15, -0.1) is 11.3 Å². The highest BCUT2D eigenvalue weighted by Crippen LogP contribution is 2.30. The summed E-state index contributed by atoms with van der Waals surface area (Å²) in [6.45, 7) is 0.781. The lowest BCUT2D eigenvalue weighted by Gasteiger charge is -2.08. The van der Waals surface area contributed by atoms with E-state index in [2.05, 4.69) is 15.0 Å². The molecule has 0 bridgehead atoms. The molecule has 0 amide bonds. The Kier molecular flexibility index (Phi) is 3.15. The van der Waals surface area contributed by atoms with E-state index in [1.54, 1.807) is 11.7 Å². The van der Waals surface area contributed by atoms with E-state index in [1.807, 2.05) is 0 Å². The van der Waals surface area contributed by atoms with Crippen molar-refractivity contribution in [3.63, 3.8) is 0 Å². The molecule has 2 heterocycles. The van der Waals surface area contributed by atoms with Gasteiger partial charge in [0.15, 0.2) is 0 Å². The summed E-state index contributed by atoms with van der Waals surface area (Å²) in [6.07, 6.45) is 0.421. The maximum atomic E-state index is 12.8. The smallest absolute Gasteiger partial charge is 0.377 e. The molecule has 0 spiro atoms. The number of carbonyl (C=O) groups excluding carboxylic acids is 1. The zero-order valence-electron chi connectivity index (χ0n) is 8.28. The molecule has 4 nitrogen and oxygen atoms in total. The van der Waals surface area contributed by atoms with Gasteiger partial charge in [0.2, 0.25) is 0 Å². The van der Waals surface area contributed by atoms with E-state index in [9.17, 15) is 13.6 Å². The fourth-order valence-electron chi connectivity index (χ4n) is 1.45. The van der Waals surface area contributed by atoms with Crippen molar-refractivity contribution in [3.8, 4) is 0 Å². The van der Waals surface area contributed by atoms with Gasteiger partial charge in [-0.2, -0.15) is 8.78 Å². The van der Waals surface area contributed by atoms with Crippen LogP contribution >= 0.6 is 11.3 Å². The average Bonchev–Trinajstić information content (AvgIpc) is 2.76. The summed E-state index contributed by atoms with van der Waals surface area (Å²) in [7, 11) is 0. The van der Waals surface area contributed by atoms with Gasteiger partial charge < -0.3 is 10.1 Å². The van der Waals surface area contributed by atoms with Crippen LogP contribution in [0.4, 0.5) is 8.78 Å². The second-order valence-corrected chi connectivity index (χ2v) is 4.51. The van der Waals surface area contributed by atoms with Crippen molar-refractivity contribution in [2.75, 3.05) is 6.54 Å². The molecule has 1 aromatic rings. The topological polar surface area (TPSA) is 51.2 Å². The molecule has 0 aliphatic carbocycles. The van der Waals surface area contributed by atoms with Gasteiger partial charge in [-0.1, -0.05) is 0 Å². The summed E-state index contributed by atoms with van der Waals surface area (Å²) < 4.78 is 30.1. The van der Waals surface area contributed by atoms with Gasteiger partial charge in [0.25, 0.3) is 0 Å². The Balaban J connectivity index is 1.74. The summed E-state index contributed by atoms with van der Waals surface area (Å²) >= 11 is 1.48. The molecule has 1 saturated heterocycles. The molecule has 0 radical (unpaired) electrons. The minimum absolute atomic E-state index is 0.235. The van der Waals surface area contributed by atoms with Gasteiger partial charge in [-0.3, -0.25) is 4.98 Å². The van der Waals surface area contributed by atoms with Gasteiger partial charge in [-0.05, 0) is 0 Å². The molecule has 7 heteroatoms. The highest BCUT2D eigenvalue weighted by molar-refractivity contribution is 7.09. The summed E-state index contributed by atoms with van der Waals surface area (Å²) in [6, 6.07) is 0. The third kappa shape index (κ3) is 2.53. The number of thiazole rings is 1. The van der Waals surface area contributed by atoms with Crippen molar-refractivity contribution in [1.29, 1.82) is 0 Å². The largest absolute Gasteiger partial charge is 0.456 e. The SMILES string of the molecule is O=C1OC(CNCc2cncs2)CC1(F)F. The van der Waals surface area contributed by atoms with E-state index in [0.29, 0.717) is 6.54 Å². The minimum atomic E-state index is -3.32. The van der Waals surface area contributed by atoms with Crippen LogP contribution < -0.4 is 5.32 Å². The Morgan fingerprint density at radius 2 is 2.50 bits per heavy atom. The average molecular weight is 248 g/mol. The second kappa shape index (κ2) is 4.42. The maximum absolute atomic E-state index is 12.8. The van der Waals surface area contributed by atoms with Crippen molar-refractivity contribution in [2.45, 2.75) is 25.0 Å². The zero-order valence-corrected chi connectivity index (χ0v) is 9.10. The number of carbonyl (C=O) groups is 1. The zero-order chi connectivity index (χ0) is 11.6. The number of nitrogens with one attached hydrogen (secondary N) is 1. The van der Waals surface area contributed by atoms with Crippen molar-refractivity contribution in [1.82, 2.24) is 10.3 Å². The predicted molar refractivity (Wildman–Crippen MR) is 53.3 cm³/mol. The van der Waals surface area contributed by atoms with E-state index in [-0.39, 0.29) is 6.54 Å². The molecule has 2 rings (SSSR count). The van der Waals surface area contributed by atoms with Crippen LogP contribution in [-0.2, 0) is 16.1 Å². The Bertz CT molecular complexity index is 370. The first-order chi connectivity index (χ1) is 7.58. The summed E-state index contributed by atoms with van der Waals surface area (Å²) in [5.41, 5.74) is 1.70. The number of hydrogen-bond donors (Lipinski definition) is 1. The number of esters is 1. The van der Waals surface area contributed by atoms with Gasteiger partial charge in [0, 0.05) is 24.2 Å². The first-order valence-corrected chi connectivity index (χ1v) is 5.63. The molecule has 1 fully saturated rings. The fraction of sp³-hybridized carbons (Fsp3) is 0.556. The minimum Gasteiger partial charge on any atom is -0.456 e. The van der Waals surface area contributed by atoms with Crippen molar-refractivity contribution < 1.29 is 18.3 Å². The predicted octanol–water partition coefficient (Wildman–Crippen LogP) is 1.18. The number of cyclic esters (lactones) is 1. The van der Waals surface area contributed by atoms with Crippen LogP contribution in [0.5, 0.6) is 0 Å². The number of rotatable bonds is 4. The van der Waals surface area contributed by atoms with Gasteiger partial charge in [-0.25, -0.2) is 4.79 Å². The van der Waals surface area contributed by atoms with Crippen molar-refractivity contribution in [2.24, 2.45) is 0 Å². The number of ether oxygens (including phenoxy) is 1. The van der Waals surface area contributed by atoms with Crippen LogP contribution in [0.15, 0.2) is 11.7 Å². The van der Waals surface area contributed by atoms with Crippen LogP contribution in [0.2, 0.25) is 0 Å². The maximum Gasteiger partial charge on any atom is 0.377 e. The molecule has 16 heavy (non-hydrogen) atoms. The molecule has 1 unspecified atom stereocenters. The number of halogens is 2. The Labute approximate surface area is 94.6 Å². The molecule has 1 N–H and O–H groups in total. The lowest BCUT2D eigenvalue weighted by Crippen LogP contribution is -2.26. The molecule has 1 aliphatic rings. The first kappa shape index (κ1) is 11.4. The quantitative estimate of drug-likeness (QED) is 0.813. The monoisotopic (exact) mass is 248 g/mol. The highest BCUT2D eigenvalue weighted by Gasteiger charge is 2.50. The van der Waals surface area contributed by atoms with Crippen LogP contribution in [0.3, 0.4) is 0 Å². The molecule has 1 atom stereocenters. The lowest BCUT2D eigenvalue weighted by molar-refractivity contribution is -0.159. The van der Waals surface area contributed by atoms with E-state index in [4.69, 9.17) is 0 Å². The Morgan fingerprint density at radius 1 is 1.69 bits per heavy atom. The number of nitrogens with zero attached hydrogens (tertiary/aromatic N) is 1. The lowest BCUT2D eigenvalue weighted by atomic mass is 10.2. The molecular weight excluding hydrogens is 238 g/mol. The highest BCUT2D eigenvalue weighted by atomic mass is 32.1. The summed E-state index contributed by atoms with van der Waals surface area (Å²) in [4.78, 5) is 15.6. The second-order valence-electron chi connectivity index (χ2n) is 3.53. The number of hydrogen-bond acceptors (Lipinski definition) is 5. The third-order valence-electron chi connectivity index (χ3n) is 2.21. The summed E-state index contributed by atoms with van der Waals surface area (Å²) in [5.74, 6) is -4.74. The van der Waals surface area contributed by atoms with E-state index >= 15 is 0 Å². The van der Waals surface area contributed by atoms with Crippen LogP contribution in [-0.4, -0.2) is 29.5 Å². The van der Waals surface area contributed by atoms with E-state index < -0.39 is 24.4 Å². The normalized spacial score (nSPS) is 23.4. The Hall–Kier alpha value is -1.08.